The number of fused-ring (bicyclic) bond motifs is 1. The molecule has 1 unspecified atom stereocenters. The van der Waals surface area contributed by atoms with Crippen LogP contribution in [0.5, 0.6) is 0 Å². The van der Waals surface area contributed by atoms with Gasteiger partial charge in [-0.1, -0.05) is 6.92 Å². The van der Waals surface area contributed by atoms with E-state index in [1.165, 1.54) is 0 Å². The molecule has 1 N–H and O–H groups in total. The van der Waals surface area contributed by atoms with Gasteiger partial charge in [-0.05, 0) is 34.1 Å². The molecule has 0 aromatic carbocycles. The zero-order valence-electron chi connectivity index (χ0n) is 16.2. The summed E-state index contributed by atoms with van der Waals surface area (Å²) < 4.78 is 7.57. The van der Waals surface area contributed by atoms with Crippen molar-refractivity contribution in [3.63, 3.8) is 0 Å². The monoisotopic (exact) mass is 360 g/mol. The van der Waals surface area contributed by atoms with Crippen molar-refractivity contribution in [3.05, 3.63) is 12.2 Å². The number of carbonyl (C=O) groups is 1. The number of nitrogens with zero attached hydrogens (tertiary/aromatic N) is 5. The van der Waals surface area contributed by atoms with E-state index < -0.39 is 5.60 Å². The smallest absolute Gasteiger partial charge is 0.410 e. The molecule has 0 bridgehead atoms. The molecule has 26 heavy (non-hydrogen) atoms. The lowest BCUT2D eigenvalue weighted by Gasteiger charge is -2.24. The fourth-order valence-corrected chi connectivity index (χ4v) is 3.25. The first-order valence-electron chi connectivity index (χ1n) is 9.27. The molecule has 142 valence electrons. The second-order valence-corrected chi connectivity index (χ2v) is 7.58. The number of anilines is 1. The number of aromatic nitrogens is 4. The van der Waals surface area contributed by atoms with Crippen LogP contribution in [0.25, 0.3) is 11.2 Å². The van der Waals surface area contributed by atoms with E-state index >= 15 is 0 Å². The Balaban J connectivity index is 1.74. The SMILES string of the molecule is CCc1nc2c(NC3CCN(C(=O)OC(C)(C)C)C3)ncnc2n1CC. The summed E-state index contributed by atoms with van der Waals surface area (Å²) in [7, 11) is 0. The third kappa shape index (κ3) is 3.73. The minimum Gasteiger partial charge on any atom is -0.444 e. The summed E-state index contributed by atoms with van der Waals surface area (Å²) >= 11 is 0. The summed E-state index contributed by atoms with van der Waals surface area (Å²) in [6.07, 6.45) is 3.00. The van der Waals surface area contributed by atoms with Gasteiger partial charge in [-0.3, -0.25) is 0 Å². The highest BCUT2D eigenvalue weighted by Gasteiger charge is 2.30. The van der Waals surface area contributed by atoms with Crippen molar-refractivity contribution in [1.29, 1.82) is 0 Å². The number of hydrogen-bond acceptors (Lipinski definition) is 6. The molecule has 0 spiro atoms. The van der Waals surface area contributed by atoms with Crippen LogP contribution in [0, 0.1) is 0 Å². The molecule has 1 amide bonds. The Labute approximate surface area is 154 Å². The molecule has 0 saturated carbocycles. The first kappa shape index (κ1) is 18.4. The summed E-state index contributed by atoms with van der Waals surface area (Å²) in [6.45, 7) is 11.9. The number of imidazole rings is 1. The van der Waals surface area contributed by atoms with E-state index in [9.17, 15) is 4.79 Å². The Morgan fingerprint density at radius 1 is 1.35 bits per heavy atom. The molecule has 1 saturated heterocycles. The molecular weight excluding hydrogens is 332 g/mol. The van der Waals surface area contributed by atoms with Crippen LogP contribution in [0.3, 0.4) is 0 Å². The number of ether oxygens (including phenoxy) is 1. The lowest BCUT2D eigenvalue weighted by molar-refractivity contribution is 0.0293. The average Bonchev–Trinajstić information content (AvgIpc) is 3.17. The zero-order chi connectivity index (χ0) is 18.9. The number of nitrogens with one attached hydrogen (secondary N) is 1. The minimum absolute atomic E-state index is 0.123. The van der Waals surface area contributed by atoms with Gasteiger partial charge in [0.1, 0.15) is 17.8 Å². The number of rotatable bonds is 4. The molecule has 0 radical (unpaired) electrons. The number of carbonyl (C=O) groups excluding carboxylic acids is 1. The highest BCUT2D eigenvalue weighted by molar-refractivity contribution is 5.83. The van der Waals surface area contributed by atoms with E-state index in [0.29, 0.717) is 13.1 Å². The van der Waals surface area contributed by atoms with Crippen molar-refractivity contribution in [2.75, 3.05) is 18.4 Å². The lowest BCUT2D eigenvalue weighted by Crippen LogP contribution is -2.36. The van der Waals surface area contributed by atoms with Gasteiger partial charge >= 0.3 is 6.09 Å². The summed E-state index contributed by atoms with van der Waals surface area (Å²) in [5.41, 5.74) is 1.16. The fraction of sp³-hybridized carbons (Fsp3) is 0.667. The van der Waals surface area contributed by atoms with Gasteiger partial charge in [0.15, 0.2) is 17.0 Å². The molecule has 1 atom stereocenters. The van der Waals surface area contributed by atoms with Gasteiger partial charge in [-0.2, -0.15) is 0 Å². The highest BCUT2D eigenvalue weighted by Crippen LogP contribution is 2.23. The van der Waals surface area contributed by atoms with Crippen LogP contribution < -0.4 is 5.32 Å². The van der Waals surface area contributed by atoms with Gasteiger partial charge in [0.2, 0.25) is 0 Å². The summed E-state index contributed by atoms with van der Waals surface area (Å²) in [6, 6.07) is 0.123. The van der Waals surface area contributed by atoms with Crippen molar-refractivity contribution in [2.24, 2.45) is 0 Å². The van der Waals surface area contributed by atoms with Crippen LogP contribution in [-0.4, -0.2) is 55.2 Å². The molecule has 3 rings (SSSR count). The Morgan fingerprint density at radius 2 is 2.12 bits per heavy atom. The first-order valence-corrected chi connectivity index (χ1v) is 9.27. The number of likely N-dealkylation sites (tertiary alicyclic amines) is 1. The van der Waals surface area contributed by atoms with Crippen LogP contribution >= 0.6 is 0 Å². The van der Waals surface area contributed by atoms with Crippen molar-refractivity contribution < 1.29 is 9.53 Å². The van der Waals surface area contributed by atoms with Gasteiger partial charge in [0.25, 0.3) is 0 Å². The van der Waals surface area contributed by atoms with E-state index in [1.807, 2.05) is 20.8 Å². The van der Waals surface area contributed by atoms with Crippen molar-refractivity contribution >= 4 is 23.1 Å². The van der Waals surface area contributed by atoms with Crippen molar-refractivity contribution in [1.82, 2.24) is 24.4 Å². The van der Waals surface area contributed by atoms with Crippen LogP contribution in [0.4, 0.5) is 10.6 Å². The summed E-state index contributed by atoms with van der Waals surface area (Å²) in [5, 5.41) is 3.44. The highest BCUT2D eigenvalue weighted by atomic mass is 16.6. The maximum atomic E-state index is 12.2. The second kappa shape index (κ2) is 7.09. The van der Waals surface area contributed by atoms with Crippen molar-refractivity contribution in [3.8, 4) is 0 Å². The molecule has 2 aromatic rings. The predicted molar refractivity (Wildman–Crippen MR) is 100 cm³/mol. The molecule has 2 aromatic heterocycles. The fourth-order valence-electron chi connectivity index (χ4n) is 3.25. The largest absolute Gasteiger partial charge is 0.444 e. The quantitative estimate of drug-likeness (QED) is 0.902. The number of hydrogen-bond donors (Lipinski definition) is 1. The Bertz CT molecular complexity index is 795. The number of aryl methyl sites for hydroxylation is 2. The van der Waals surface area contributed by atoms with E-state index in [1.54, 1.807) is 11.2 Å². The molecule has 0 aliphatic carbocycles. The van der Waals surface area contributed by atoms with Crippen LogP contribution in [-0.2, 0) is 17.7 Å². The molecular formula is C18H28N6O2. The van der Waals surface area contributed by atoms with Crippen LogP contribution in [0.1, 0.15) is 46.9 Å². The Kier molecular flexibility index (Phi) is 5.02. The number of amides is 1. The topological polar surface area (TPSA) is 85.2 Å². The second-order valence-electron chi connectivity index (χ2n) is 7.58. The Hall–Kier alpha value is -2.38. The zero-order valence-corrected chi connectivity index (χ0v) is 16.2. The van der Waals surface area contributed by atoms with E-state index in [2.05, 4.69) is 33.7 Å². The van der Waals surface area contributed by atoms with Crippen LogP contribution in [0.2, 0.25) is 0 Å². The first-order chi connectivity index (χ1) is 12.3. The maximum absolute atomic E-state index is 12.2. The third-order valence-corrected chi connectivity index (χ3v) is 4.42. The van der Waals surface area contributed by atoms with Crippen LogP contribution in [0.15, 0.2) is 6.33 Å². The van der Waals surface area contributed by atoms with Gasteiger partial charge in [-0.25, -0.2) is 19.7 Å². The normalized spacial score (nSPS) is 17.7. The van der Waals surface area contributed by atoms with E-state index in [0.717, 1.165) is 42.2 Å². The Morgan fingerprint density at radius 3 is 2.77 bits per heavy atom. The average molecular weight is 360 g/mol. The van der Waals surface area contributed by atoms with Crippen molar-refractivity contribution in [2.45, 2.75) is 65.6 Å². The minimum atomic E-state index is -0.481. The molecule has 8 heteroatoms. The van der Waals surface area contributed by atoms with Gasteiger partial charge in [0.05, 0.1) is 0 Å². The molecule has 3 heterocycles. The predicted octanol–water partition coefficient (Wildman–Crippen LogP) is 2.83. The standard InChI is InChI=1S/C18H28N6O2/c1-6-13-22-14-15(19-11-20-16(14)24(13)7-2)21-12-8-9-23(10-12)17(25)26-18(3,4)5/h11-12H,6-10H2,1-5H3,(H,19,20,21). The molecule has 1 fully saturated rings. The molecule has 8 nitrogen and oxygen atoms in total. The van der Waals surface area contributed by atoms with E-state index in [-0.39, 0.29) is 12.1 Å². The lowest BCUT2D eigenvalue weighted by atomic mass is 10.2. The van der Waals surface area contributed by atoms with Gasteiger partial charge in [-0.15, -0.1) is 0 Å². The van der Waals surface area contributed by atoms with E-state index in [4.69, 9.17) is 9.72 Å². The molecule has 1 aliphatic rings. The third-order valence-electron chi connectivity index (χ3n) is 4.42. The molecule has 1 aliphatic heterocycles. The van der Waals surface area contributed by atoms with Gasteiger partial charge in [0, 0.05) is 32.1 Å². The summed E-state index contributed by atoms with van der Waals surface area (Å²) in [5.74, 6) is 1.74. The summed E-state index contributed by atoms with van der Waals surface area (Å²) in [4.78, 5) is 27.5. The maximum Gasteiger partial charge on any atom is 0.410 e. The van der Waals surface area contributed by atoms with Gasteiger partial charge < -0.3 is 19.5 Å².